The van der Waals surface area contributed by atoms with E-state index in [1.165, 1.54) is 6.07 Å². The second-order valence-corrected chi connectivity index (χ2v) is 5.95. The summed E-state index contributed by atoms with van der Waals surface area (Å²) in [6.07, 6.45) is 0.114. The quantitative estimate of drug-likeness (QED) is 0.515. The van der Waals surface area contributed by atoms with Gasteiger partial charge in [-0.15, -0.1) is 0 Å². The smallest absolute Gasteiger partial charge is 0.302 e. The lowest BCUT2D eigenvalue weighted by Gasteiger charge is -2.06. The van der Waals surface area contributed by atoms with Gasteiger partial charge in [0.2, 0.25) is 5.91 Å². The SMILES string of the molecule is Cc1cc(C)c2oc(NC(=O)CCNc3ccccc3[N+](=O)[O-])nc2c1. The monoisotopic (exact) mass is 354 g/mol. The van der Waals surface area contributed by atoms with Crippen molar-refractivity contribution in [3.05, 3.63) is 57.6 Å². The van der Waals surface area contributed by atoms with E-state index in [0.717, 1.165) is 11.1 Å². The van der Waals surface area contributed by atoms with E-state index in [2.05, 4.69) is 15.6 Å². The number of carbonyl (C=O) groups excluding carboxylic acids is 1. The highest BCUT2D eigenvalue weighted by Crippen LogP contribution is 2.24. The van der Waals surface area contributed by atoms with Gasteiger partial charge in [0.25, 0.3) is 5.69 Å². The van der Waals surface area contributed by atoms with Gasteiger partial charge in [-0.2, -0.15) is 4.98 Å². The number of hydrogen-bond acceptors (Lipinski definition) is 6. The van der Waals surface area contributed by atoms with Gasteiger partial charge in [0, 0.05) is 19.0 Å². The number of aromatic nitrogens is 1. The van der Waals surface area contributed by atoms with Crippen LogP contribution in [0.15, 0.2) is 40.8 Å². The highest BCUT2D eigenvalue weighted by molar-refractivity contribution is 5.90. The van der Waals surface area contributed by atoms with Gasteiger partial charge in [0.05, 0.1) is 4.92 Å². The summed E-state index contributed by atoms with van der Waals surface area (Å²) in [4.78, 5) is 26.8. The number of hydrogen-bond donors (Lipinski definition) is 2. The van der Waals surface area contributed by atoms with E-state index in [9.17, 15) is 14.9 Å². The van der Waals surface area contributed by atoms with Crippen LogP contribution in [0.25, 0.3) is 11.1 Å². The number of para-hydroxylation sites is 2. The molecule has 1 aromatic heterocycles. The number of anilines is 2. The van der Waals surface area contributed by atoms with E-state index >= 15 is 0 Å². The van der Waals surface area contributed by atoms with E-state index in [1.807, 2.05) is 26.0 Å². The molecule has 2 aromatic carbocycles. The average molecular weight is 354 g/mol. The molecule has 0 atom stereocenters. The van der Waals surface area contributed by atoms with Crippen molar-refractivity contribution in [2.75, 3.05) is 17.2 Å². The van der Waals surface area contributed by atoms with Gasteiger partial charge in [0.15, 0.2) is 5.58 Å². The molecule has 8 heteroatoms. The molecule has 0 radical (unpaired) electrons. The largest absolute Gasteiger partial charge is 0.423 e. The maximum absolute atomic E-state index is 12.1. The molecule has 3 aromatic rings. The Bertz CT molecular complexity index is 980. The van der Waals surface area contributed by atoms with Crippen molar-refractivity contribution in [3.8, 4) is 0 Å². The first-order valence-corrected chi connectivity index (χ1v) is 8.09. The number of benzene rings is 2. The summed E-state index contributed by atoms with van der Waals surface area (Å²) in [6.45, 7) is 4.13. The number of rotatable bonds is 6. The summed E-state index contributed by atoms with van der Waals surface area (Å²) in [5.74, 6) is -0.294. The maximum atomic E-state index is 12.1. The molecule has 3 rings (SSSR count). The van der Waals surface area contributed by atoms with Crippen LogP contribution in [0, 0.1) is 24.0 Å². The number of amides is 1. The second kappa shape index (κ2) is 7.22. The van der Waals surface area contributed by atoms with E-state index in [1.54, 1.807) is 18.2 Å². The van der Waals surface area contributed by atoms with Crippen molar-refractivity contribution in [3.63, 3.8) is 0 Å². The molecular weight excluding hydrogens is 336 g/mol. The minimum absolute atomic E-state index is 0.0299. The minimum atomic E-state index is -0.467. The molecule has 134 valence electrons. The Labute approximate surface area is 149 Å². The average Bonchev–Trinajstić information content (AvgIpc) is 2.97. The molecule has 2 N–H and O–H groups in total. The number of nitrogens with one attached hydrogen (secondary N) is 2. The van der Waals surface area contributed by atoms with Gasteiger partial charge in [0.1, 0.15) is 11.2 Å². The molecule has 1 amide bonds. The van der Waals surface area contributed by atoms with E-state index in [0.29, 0.717) is 16.8 Å². The van der Waals surface area contributed by atoms with Gasteiger partial charge in [-0.05, 0) is 37.1 Å². The second-order valence-electron chi connectivity index (χ2n) is 5.95. The van der Waals surface area contributed by atoms with Crippen molar-refractivity contribution in [1.29, 1.82) is 0 Å². The molecule has 0 aliphatic heterocycles. The molecule has 0 unspecified atom stereocenters. The summed E-state index contributed by atoms with van der Waals surface area (Å²) < 4.78 is 5.59. The number of nitrogens with zero attached hydrogens (tertiary/aromatic N) is 2. The van der Waals surface area contributed by atoms with E-state index in [-0.39, 0.29) is 30.6 Å². The summed E-state index contributed by atoms with van der Waals surface area (Å²) in [5.41, 5.74) is 3.69. The van der Waals surface area contributed by atoms with Crippen LogP contribution in [-0.2, 0) is 4.79 Å². The number of fused-ring (bicyclic) bond motifs is 1. The van der Waals surface area contributed by atoms with Crippen molar-refractivity contribution < 1.29 is 14.1 Å². The molecule has 0 fully saturated rings. The first-order chi connectivity index (χ1) is 12.4. The van der Waals surface area contributed by atoms with Crippen molar-refractivity contribution >= 4 is 34.4 Å². The molecule has 0 saturated carbocycles. The van der Waals surface area contributed by atoms with Crippen molar-refractivity contribution in [2.24, 2.45) is 0 Å². The van der Waals surface area contributed by atoms with Crippen LogP contribution in [0.3, 0.4) is 0 Å². The highest BCUT2D eigenvalue weighted by atomic mass is 16.6. The Morgan fingerprint density at radius 2 is 2.04 bits per heavy atom. The van der Waals surface area contributed by atoms with Gasteiger partial charge < -0.3 is 9.73 Å². The van der Waals surface area contributed by atoms with E-state index in [4.69, 9.17) is 4.42 Å². The lowest BCUT2D eigenvalue weighted by Crippen LogP contribution is -2.16. The standard InChI is InChI=1S/C18H18N4O4/c1-11-9-12(2)17-14(10-11)20-18(26-17)21-16(23)7-8-19-13-5-3-4-6-15(13)22(24)25/h3-6,9-10,19H,7-8H2,1-2H3,(H,20,21,23). The first-order valence-electron chi connectivity index (χ1n) is 8.09. The highest BCUT2D eigenvalue weighted by Gasteiger charge is 2.14. The van der Waals surface area contributed by atoms with E-state index < -0.39 is 4.92 Å². The topological polar surface area (TPSA) is 110 Å². The molecule has 0 spiro atoms. The molecular formula is C18H18N4O4. The minimum Gasteiger partial charge on any atom is -0.423 e. The molecule has 26 heavy (non-hydrogen) atoms. The van der Waals surface area contributed by atoms with Crippen LogP contribution in [-0.4, -0.2) is 22.4 Å². The Balaban J connectivity index is 1.60. The Kier molecular flexibility index (Phi) is 4.83. The fourth-order valence-electron chi connectivity index (χ4n) is 2.70. The number of aryl methyl sites for hydroxylation is 2. The number of carbonyl (C=O) groups is 1. The zero-order valence-corrected chi connectivity index (χ0v) is 14.4. The Hall–Kier alpha value is -3.42. The number of nitro groups is 1. The third kappa shape index (κ3) is 3.80. The molecule has 0 aliphatic rings. The lowest BCUT2D eigenvalue weighted by atomic mass is 10.1. The molecule has 0 saturated heterocycles. The Morgan fingerprint density at radius 3 is 2.81 bits per heavy atom. The zero-order chi connectivity index (χ0) is 18.7. The van der Waals surface area contributed by atoms with Crippen LogP contribution in [0.1, 0.15) is 17.5 Å². The van der Waals surface area contributed by atoms with Crippen molar-refractivity contribution in [1.82, 2.24) is 4.98 Å². The van der Waals surface area contributed by atoms with Crippen LogP contribution >= 0.6 is 0 Å². The molecule has 1 heterocycles. The summed E-state index contributed by atoms with van der Waals surface area (Å²) in [5, 5.41) is 16.5. The third-order valence-electron chi connectivity index (χ3n) is 3.83. The fourth-order valence-corrected chi connectivity index (χ4v) is 2.70. The maximum Gasteiger partial charge on any atom is 0.302 e. The predicted molar refractivity (Wildman–Crippen MR) is 98.3 cm³/mol. The van der Waals surface area contributed by atoms with Gasteiger partial charge in [-0.25, -0.2) is 0 Å². The lowest BCUT2D eigenvalue weighted by molar-refractivity contribution is -0.384. The molecule has 0 bridgehead atoms. The summed E-state index contributed by atoms with van der Waals surface area (Å²) in [7, 11) is 0. The summed E-state index contributed by atoms with van der Waals surface area (Å²) in [6, 6.07) is 10.3. The predicted octanol–water partition coefficient (Wildman–Crippen LogP) is 3.79. The van der Waals surface area contributed by atoms with Crippen LogP contribution in [0.5, 0.6) is 0 Å². The van der Waals surface area contributed by atoms with Gasteiger partial charge in [-0.1, -0.05) is 18.2 Å². The van der Waals surface area contributed by atoms with Gasteiger partial charge in [-0.3, -0.25) is 20.2 Å². The van der Waals surface area contributed by atoms with Crippen LogP contribution < -0.4 is 10.6 Å². The van der Waals surface area contributed by atoms with Crippen molar-refractivity contribution in [2.45, 2.75) is 20.3 Å². The molecule has 0 aliphatic carbocycles. The van der Waals surface area contributed by atoms with Crippen LogP contribution in [0.4, 0.5) is 17.4 Å². The Morgan fingerprint density at radius 1 is 1.27 bits per heavy atom. The third-order valence-corrected chi connectivity index (χ3v) is 3.83. The fraction of sp³-hybridized carbons (Fsp3) is 0.222. The number of nitro benzene ring substituents is 1. The zero-order valence-electron chi connectivity index (χ0n) is 14.4. The van der Waals surface area contributed by atoms with Crippen LogP contribution in [0.2, 0.25) is 0 Å². The van der Waals surface area contributed by atoms with Gasteiger partial charge >= 0.3 is 6.01 Å². The first kappa shape index (κ1) is 17.4. The molecule has 8 nitrogen and oxygen atoms in total. The summed E-state index contributed by atoms with van der Waals surface area (Å²) >= 11 is 0. The normalized spacial score (nSPS) is 10.7. The number of oxazole rings is 1.